The van der Waals surface area contributed by atoms with Gasteiger partial charge in [0.2, 0.25) is 0 Å². The molecule has 1 radical (unpaired) electrons. The number of hydrogen-bond donors (Lipinski definition) is 0. The highest BCUT2D eigenvalue weighted by Crippen LogP contribution is 2.13. The summed E-state index contributed by atoms with van der Waals surface area (Å²) < 4.78 is 0. The average molecular weight is 116 g/mol. The van der Waals surface area contributed by atoms with E-state index in [-0.39, 0.29) is 5.38 Å². The van der Waals surface area contributed by atoms with Gasteiger partial charge in [0.25, 0.3) is 0 Å². The van der Waals surface area contributed by atoms with Crippen LogP contribution >= 0.6 is 11.6 Å². The van der Waals surface area contributed by atoms with Crippen LogP contribution in [-0.2, 0) is 0 Å². The summed E-state index contributed by atoms with van der Waals surface area (Å²) in [7, 11) is 0. The molecule has 0 saturated carbocycles. The molecule has 1 rings (SSSR count). The van der Waals surface area contributed by atoms with Gasteiger partial charge >= 0.3 is 0 Å². The van der Waals surface area contributed by atoms with Gasteiger partial charge in [-0.05, 0) is 19.3 Å². The third-order valence-corrected chi connectivity index (χ3v) is 1.37. The molecule has 0 aromatic carbocycles. The second-order valence-electron chi connectivity index (χ2n) is 1.69. The van der Waals surface area contributed by atoms with Gasteiger partial charge in [-0.1, -0.05) is 12.2 Å². The minimum Gasteiger partial charge on any atom is -0.118 e. The summed E-state index contributed by atoms with van der Waals surface area (Å²) in [5.41, 5.74) is 0. The highest BCUT2D eigenvalue weighted by atomic mass is 35.5. The monoisotopic (exact) mass is 115 g/mol. The molecule has 0 N–H and O–H groups in total. The Morgan fingerprint density at radius 2 is 2.29 bits per heavy atom. The number of hydrogen-bond acceptors (Lipinski definition) is 0. The van der Waals surface area contributed by atoms with Crippen molar-refractivity contribution in [3.8, 4) is 0 Å². The molecule has 0 fully saturated rings. The summed E-state index contributed by atoms with van der Waals surface area (Å²) >= 11 is 5.67. The maximum absolute atomic E-state index is 5.67. The molecular weight excluding hydrogens is 108 g/mol. The van der Waals surface area contributed by atoms with Gasteiger partial charge in [-0.15, -0.1) is 11.6 Å². The molecule has 7 heavy (non-hydrogen) atoms. The third kappa shape index (κ3) is 1.52. The number of allylic oxidation sites excluding steroid dienone is 2. The molecule has 0 nitrogen and oxygen atoms in total. The molecule has 0 spiro atoms. The van der Waals surface area contributed by atoms with Crippen LogP contribution in [0.4, 0.5) is 0 Å². The van der Waals surface area contributed by atoms with Gasteiger partial charge in [-0.25, -0.2) is 0 Å². The van der Waals surface area contributed by atoms with E-state index in [2.05, 4.69) is 12.5 Å². The molecule has 0 aliphatic heterocycles. The Hall–Kier alpha value is 0.0300. The number of alkyl halides is 1. The smallest absolute Gasteiger partial charge is 0.0547 e. The molecular formula is C6H8Cl. The van der Waals surface area contributed by atoms with Crippen molar-refractivity contribution < 1.29 is 0 Å². The van der Waals surface area contributed by atoms with Gasteiger partial charge in [0.1, 0.15) is 0 Å². The van der Waals surface area contributed by atoms with Gasteiger partial charge < -0.3 is 0 Å². The Morgan fingerprint density at radius 1 is 1.43 bits per heavy atom. The highest BCUT2D eigenvalue weighted by molar-refractivity contribution is 6.22. The summed E-state index contributed by atoms with van der Waals surface area (Å²) in [5.74, 6) is 0. The lowest BCUT2D eigenvalue weighted by Crippen LogP contribution is -1.97. The predicted octanol–water partition coefficient (Wildman–Crippen LogP) is 2.15. The van der Waals surface area contributed by atoms with Gasteiger partial charge in [0.05, 0.1) is 5.38 Å². The van der Waals surface area contributed by atoms with Crippen molar-refractivity contribution in [3.63, 3.8) is 0 Å². The zero-order chi connectivity index (χ0) is 5.11. The lowest BCUT2D eigenvalue weighted by Gasteiger charge is -2.05. The van der Waals surface area contributed by atoms with E-state index in [1.54, 1.807) is 0 Å². The fourth-order valence-corrected chi connectivity index (χ4v) is 0.885. The van der Waals surface area contributed by atoms with Gasteiger partial charge in [0.15, 0.2) is 0 Å². The summed E-state index contributed by atoms with van der Waals surface area (Å²) in [5, 5.41) is 0.203. The summed E-state index contributed by atoms with van der Waals surface area (Å²) in [6.45, 7) is 0. The van der Waals surface area contributed by atoms with Crippen LogP contribution in [0.15, 0.2) is 12.2 Å². The fourth-order valence-electron chi connectivity index (χ4n) is 0.656. The highest BCUT2D eigenvalue weighted by Gasteiger charge is 2.01. The zero-order valence-corrected chi connectivity index (χ0v) is 4.86. The quantitative estimate of drug-likeness (QED) is 0.335. The molecule has 1 aliphatic rings. The first-order valence-electron chi connectivity index (χ1n) is 2.53. The third-order valence-electron chi connectivity index (χ3n) is 1.05. The fraction of sp³-hybridized carbons (Fsp3) is 0.500. The molecule has 1 atom stereocenters. The van der Waals surface area contributed by atoms with Crippen molar-refractivity contribution in [2.75, 3.05) is 0 Å². The van der Waals surface area contributed by atoms with Gasteiger partial charge in [-0.3, -0.25) is 0 Å². The molecule has 0 bridgehead atoms. The summed E-state index contributed by atoms with van der Waals surface area (Å²) in [4.78, 5) is 0. The van der Waals surface area contributed by atoms with Crippen molar-refractivity contribution in [2.45, 2.75) is 18.2 Å². The SMILES string of the molecule is ClC1[CH]CCC=C1. The van der Waals surface area contributed by atoms with Crippen LogP contribution in [0.25, 0.3) is 0 Å². The van der Waals surface area contributed by atoms with E-state index in [1.807, 2.05) is 6.08 Å². The second kappa shape index (κ2) is 2.37. The molecule has 0 saturated heterocycles. The minimum atomic E-state index is 0.203. The Labute approximate surface area is 49.2 Å². The second-order valence-corrected chi connectivity index (χ2v) is 2.19. The van der Waals surface area contributed by atoms with Crippen molar-refractivity contribution in [3.05, 3.63) is 18.6 Å². The first kappa shape index (κ1) is 5.17. The van der Waals surface area contributed by atoms with E-state index in [1.165, 1.54) is 6.42 Å². The van der Waals surface area contributed by atoms with Crippen LogP contribution in [0.3, 0.4) is 0 Å². The van der Waals surface area contributed by atoms with E-state index >= 15 is 0 Å². The molecule has 39 valence electrons. The zero-order valence-electron chi connectivity index (χ0n) is 4.10. The van der Waals surface area contributed by atoms with Gasteiger partial charge in [-0.2, -0.15) is 0 Å². The van der Waals surface area contributed by atoms with Crippen molar-refractivity contribution in [1.29, 1.82) is 0 Å². The number of rotatable bonds is 0. The Kier molecular flexibility index (Phi) is 1.75. The lowest BCUT2D eigenvalue weighted by molar-refractivity contribution is 0.897. The Balaban J connectivity index is 2.36. The first-order chi connectivity index (χ1) is 3.39. The van der Waals surface area contributed by atoms with Crippen molar-refractivity contribution in [2.24, 2.45) is 0 Å². The van der Waals surface area contributed by atoms with E-state index in [0.717, 1.165) is 6.42 Å². The van der Waals surface area contributed by atoms with Crippen LogP contribution in [0, 0.1) is 6.42 Å². The summed E-state index contributed by atoms with van der Waals surface area (Å²) in [6.07, 6.45) is 8.57. The first-order valence-corrected chi connectivity index (χ1v) is 2.97. The maximum atomic E-state index is 5.67. The van der Waals surface area contributed by atoms with Crippen LogP contribution in [0.1, 0.15) is 12.8 Å². The average Bonchev–Trinajstić information content (AvgIpc) is 1.69. The maximum Gasteiger partial charge on any atom is 0.0547 e. The molecule has 1 heteroatoms. The molecule has 1 aliphatic carbocycles. The van der Waals surface area contributed by atoms with E-state index in [9.17, 15) is 0 Å². The topological polar surface area (TPSA) is 0 Å². The van der Waals surface area contributed by atoms with E-state index in [4.69, 9.17) is 11.6 Å². The Morgan fingerprint density at radius 3 is 2.57 bits per heavy atom. The lowest BCUT2D eigenvalue weighted by atomic mass is 10.1. The standard InChI is InChI=1S/C6H8Cl/c7-6-4-2-1-3-5-6/h2,4-6H,1,3H2. The van der Waals surface area contributed by atoms with Crippen LogP contribution in [0.5, 0.6) is 0 Å². The molecule has 0 heterocycles. The van der Waals surface area contributed by atoms with Crippen LogP contribution in [-0.4, -0.2) is 5.38 Å². The molecule has 1 unspecified atom stereocenters. The largest absolute Gasteiger partial charge is 0.118 e. The molecule has 0 aromatic rings. The van der Waals surface area contributed by atoms with Gasteiger partial charge in [0, 0.05) is 0 Å². The minimum absolute atomic E-state index is 0.203. The number of halogens is 1. The molecule has 0 aromatic heterocycles. The predicted molar refractivity (Wildman–Crippen MR) is 32.3 cm³/mol. The van der Waals surface area contributed by atoms with Crippen molar-refractivity contribution in [1.82, 2.24) is 0 Å². The Bertz CT molecular complexity index is 76.2. The van der Waals surface area contributed by atoms with E-state index < -0.39 is 0 Å². The normalized spacial score (nSPS) is 30.7. The van der Waals surface area contributed by atoms with Crippen LogP contribution < -0.4 is 0 Å². The van der Waals surface area contributed by atoms with Crippen molar-refractivity contribution >= 4 is 11.6 Å². The van der Waals surface area contributed by atoms with Crippen LogP contribution in [0.2, 0.25) is 0 Å². The van der Waals surface area contributed by atoms with E-state index in [0.29, 0.717) is 0 Å². The summed E-state index contributed by atoms with van der Waals surface area (Å²) in [6, 6.07) is 0. The molecule has 0 amide bonds.